The van der Waals surface area contributed by atoms with E-state index in [1.807, 2.05) is 6.07 Å². The molecule has 0 unspecified atom stereocenters. The predicted octanol–water partition coefficient (Wildman–Crippen LogP) is 16.4. The Labute approximate surface area is 499 Å². The second-order valence-corrected chi connectivity index (χ2v) is 19.2. The third-order valence-corrected chi connectivity index (χ3v) is 13.4. The Bertz CT molecular complexity index is 4230. The molecular formula is C66H49ClF6N6O8. The Morgan fingerprint density at radius 1 is 0.517 bits per heavy atom. The van der Waals surface area contributed by atoms with E-state index in [1.165, 1.54) is 50.9 Å². The summed E-state index contributed by atoms with van der Waals surface area (Å²) in [6, 6.07) is 47.4. The predicted molar refractivity (Wildman–Crippen MR) is 317 cm³/mol. The van der Waals surface area contributed by atoms with Crippen LogP contribution in [0, 0.1) is 22.7 Å². The van der Waals surface area contributed by atoms with E-state index in [1.54, 1.807) is 136 Å². The van der Waals surface area contributed by atoms with Crippen LogP contribution in [0.25, 0.3) is 21.8 Å². The van der Waals surface area contributed by atoms with Gasteiger partial charge in [-0.25, -0.2) is 0 Å². The van der Waals surface area contributed by atoms with Crippen molar-refractivity contribution in [1.82, 2.24) is 9.97 Å². The zero-order chi connectivity index (χ0) is 62.4. The smallest absolute Gasteiger partial charge is 0.416 e. The number of nitrogens with one attached hydrogen (secondary N) is 1. The average Bonchev–Trinajstić information content (AvgIpc) is 3.72. The normalized spacial score (nSPS) is 10.9. The molecule has 2 heterocycles. The molecule has 0 amide bonds. The Hall–Kier alpha value is -10.8. The van der Waals surface area contributed by atoms with Crippen molar-refractivity contribution < 1.29 is 64.4 Å². The van der Waals surface area contributed by atoms with Gasteiger partial charge in [-0.3, -0.25) is 19.6 Å². The number of halogens is 7. The molecule has 14 nitrogen and oxygen atoms in total. The highest BCUT2D eigenvalue weighted by Gasteiger charge is 2.32. The third-order valence-electron chi connectivity index (χ3n) is 12.9. The number of pyridine rings is 2. The number of nitriles is 2. The monoisotopic (exact) mass is 1200 g/mol. The van der Waals surface area contributed by atoms with Crippen LogP contribution < -0.4 is 39.5 Å². The van der Waals surface area contributed by atoms with E-state index in [0.717, 1.165) is 24.3 Å². The van der Waals surface area contributed by atoms with Crippen LogP contribution in [0.3, 0.4) is 0 Å². The van der Waals surface area contributed by atoms with E-state index in [2.05, 4.69) is 21.4 Å². The van der Waals surface area contributed by atoms with Gasteiger partial charge in [0.1, 0.15) is 35.1 Å². The standard InChI is InChI=1S/C33H24F3N3O4.C21H16F3NO2.C12H9ClN2O2/c1-41-30-16-27-28(17-31(30)42-2)38-19-22(18-37)32(27)39-24-9-11-25(12-10-24)43-26-8-3-5-20(13-26)14-29(40)21-6-4-7-23(15-21)33(34,35)36;22-21(23,24)16-5-2-4-15(13-16)20(26)12-14-3-1-6-19(11-14)27-18-9-7-17(25)8-10-18;1-16-10-3-8-9(4-11(10)17-2)15-6-7(5-14)12(8)13/h3-13,15-17,19H,14H2,1-2H3,(H,38,39);1-11,13H,12,25H2;3-4,6H,1-2H3. The molecule has 0 radical (unpaired) electrons. The van der Waals surface area contributed by atoms with Gasteiger partial charge >= 0.3 is 12.4 Å². The van der Waals surface area contributed by atoms with Crippen LogP contribution in [0.2, 0.25) is 5.02 Å². The van der Waals surface area contributed by atoms with E-state index in [4.69, 9.17) is 51.0 Å². The maximum absolute atomic E-state index is 13.0. The summed E-state index contributed by atoms with van der Waals surface area (Å²) in [5.74, 6) is 3.40. The minimum atomic E-state index is -4.53. The van der Waals surface area contributed by atoms with Gasteiger partial charge in [-0.2, -0.15) is 36.9 Å². The molecule has 8 aromatic carbocycles. The van der Waals surface area contributed by atoms with Gasteiger partial charge in [0.15, 0.2) is 34.6 Å². The lowest BCUT2D eigenvalue weighted by Gasteiger charge is -2.15. The first-order valence-electron chi connectivity index (χ1n) is 25.9. The Morgan fingerprint density at radius 3 is 1.38 bits per heavy atom. The number of nitrogens with zero attached hydrogens (tertiary/aromatic N) is 4. The molecule has 10 aromatic rings. The molecule has 0 aliphatic rings. The van der Waals surface area contributed by atoms with Crippen LogP contribution in [-0.2, 0) is 25.2 Å². The van der Waals surface area contributed by atoms with Gasteiger partial charge in [-0.1, -0.05) is 60.1 Å². The van der Waals surface area contributed by atoms with E-state index in [9.17, 15) is 41.2 Å². The lowest BCUT2D eigenvalue weighted by Crippen LogP contribution is -2.09. The van der Waals surface area contributed by atoms with Crippen molar-refractivity contribution in [1.29, 1.82) is 10.5 Å². The number of carbonyl (C=O) groups excluding carboxylic acids is 2. The molecule has 10 rings (SSSR count). The van der Waals surface area contributed by atoms with Gasteiger partial charge in [-0.15, -0.1) is 0 Å². The highest BCUT2D eigenvalue weighted by Crippen LogP contribution is 2.39. The Balaban J connectivity index is 0.000000189. The van der Waals surface area contributed by atoms with Gasteiger partial charge in [0.05, 0.1) is 72.4 Å². The molecule has 0 saturated heterocycles. The fourth-order valence-electron chi connectivity index (χ4n) is 8.61. The molecule has 0 saturated carbocycles. The van der Waals surface area contributed by atoms with Crippen molar-refractivity contribution in [2.75, 3.05) is 39.5 Å². The lowest BCUT2D eigenvalue weighted by atomic mass is 10.0. The summed E-state index contributed by atoms with van der Waals surface area (Å²) in [7, 11) is 6.15. The number of benzene rings is 8. The summed E-state index contributed by atoms with van der Waals surface area (Å²) < 4.78 is 110. The van der Waals surface area contributed by atoms with Crippen LogP contribution in [-0.4, -0.2) is 50.0 Å². The van der Waals surface area contributed by atoms with Gasteiger partial charge < -0.3 is 39.5 Å². The van der Waals surface area contributed by atoms with Crippen LogP contribution in [0.5, 0.6) is 46.0 Å². The summed E-state index contributed by atoms with van der Waals surface area (Å²) in [6.07, 6.45) is -6.20. The van der Waals surface area contributed by atoms with Gasteiger partial charge in [0.2, 0.25) is 0 Å². The van der Waals surface area contributed by atoms with Crippen molar-refractivity contribution in [3.05, 3.63) is 232 Å². The number of alkyl halides is 6. The zero-order valence-corrected chi connectivity index (χ0v) is 47.3. The van der Waals surface area contributed by atoms with Crippen LogP contribution in [0.4, 0.5) is 43.4 Å². The molecule has 440 valence electrons. The summed E-state index contributed by atoms with van der Waals surface area (Å²) in [4.78, 5) is 33.6. The number of ether oxygens (including phenoxy) is 6. The number of hydrogen-bond acceptors (Lipinski definition) is 14. The first-order valence-corrected chi connectivity index (χ1v) is 26.3. The summed E-state index contributed by atoms with van der Waals surface area (Å²) >= 11 is 6.11. The molecule has 0 aliphatic heterocycles. The summed E-state index contributed by atoms with van der Waals surface area (Å²) in [6.45, 7) is 0. The van der Waals surface area contributed by atoms with E-state index < -0.39 is 35.0 Å². The first-order chi connectivity index (χ1) is 41.7. The lowest BCUT2D eigenvalue weighted by molar-refractivity contribution is -0.138. The number of aromatic nitrogens is 2. The number of anilines is 3. The number of rotatable bonds is 16. The van der Waals surface area contributed by atoms with Gasteiger partial charge in [-0.05, 0) is 120 Å². The maximum atomic E-state index is 13.0. The maximum Gasteiger partial charge on any atom is 0.416 e. The molecule has 0 spiro atoms. The van der Waals surface area contributed by atoms with E-state index >= 15 is 0 Å². The Morgan fingerprint density at radius 2 is 0.931 bits per heavy atom. The molecular weight excluding hydrogens is 1150 g/mol. The summed E-state index contributed by atoms with van der Waals surface area (Å²) in [5, 5.41) is 23.6. The number of methoxy groups -OCH3 is 4. The van der Waals surface area contributed by atoms with Crippen molar-refractivity contribution in [2.24, 2.45) is 0 Å². The molecule has 0 aliphatic carbocycles. The van der Waals surface area contributed by atoms with Crippen molar-refractivity contribution in [2.45, 2.75) is 25.2 Å². The number of Topliss-reactive ketones (excluding diaryl/α,β-unsaturated/α-hetero) is 2. The number of ketones is 2. The third kappa shape index (κ3) is 15.9. The first kappa shape index (κ1) is 62.2. The second kappa shape index (κ2) is 27.7. The molecule has 0 atom stereocenters. The molecule has 0 bridgehead atoms. The molecule has 3 N–H and O–H groups in total. The van der Waals surface area contributed by atoms with Crippen LogP contribution >= 0.6 is 11.6 Å². The van der Waals surface area contributed by atoms with Gasteiger partial charge in [0.25, 0.3) is 0 Å². The highest BCUT2D eigenvalue weighted by atomic mass is 35.5. The second-order valence-electron chi connectivity index (χ2n) is 18.8. The number of fused-ring (bicyclic) bond motifs is 2. The average molecular weight is 1200 g/mol. The number of nitrogen functional groups attached to an aromatic ring is 1. The number of hydrogen-bond donors (Lipinski definition) is 2. The topological polar surface area (TPSA) is 201 Å². The molecule has 2 aromatic heterocycles. The fourth-order valence-corrected chi connectivity index (χ4v) is 8.85. The highest BCUT2D eigenvalue weighted by molar-refractivity contribution is 6.36. The SMILES string of the molecule is COc1cc2ncc(C#N)c(Cl)c2cc1OC.COc1cc2ncc(C#N)c(Nc3ccc(Oc4cccc(CC(=O)c5cccc(C(F)(F)F)c5)c4)cc3)c2cc1OC.Nc1ccc(Oc2cccc(CC(=O)c3cccc(C(F)(F)F)c3)c2)cc1. The minimum absolute atomic E-state index is 0.0108. The van der Waals surface area contributed by atoms with Crippen LogP contribution in [0.15, 0.2) is 182 Å². The minimum Gasteiger partial charge on any atom is -0.493 e. The van der Waals surface area contributed by atoms with Gasteiger partial charge in [0, 0.05) is 70.6 Å². The van der Waals surface area contributed by atoms with Crippen molar-refractivity contribution in [3.63, 3.8) is 0 Å². The fraction of sp³-hybridized carbons (Fsp3) is 0.121. The molecule has 87 heavy (non-hydrogen) atoms. The Kier molecular flexibility index (Phi) is 19.8. The quantitative estimate of drug-likeness (QED) is 0.0525. The van der Waals surface area contributed by atoms with E-state index in [0.29, 0.717) is 112 Å². The number of nitrogens with two attached hydrogens (primary N) is 1. The molecule has 0 fully saturated rings. The van der Waals surface area contributed by atoms with Crippen molar-refractivity contribution >= 4 is 62.0 Å². The zero-order valence-electron chi connectivity index (χ0n) is 46.5. The van der Waals surface area contributed by atoms with Crippen LogP contribution in [0.1, 0.15) is 54.1 Å². The molecule has 21 heteroatoms. The number of carbonyl (C=O) groups is 2. The largest absolute Gasteiger partial charge is 0.493 e. The summed E-state index contributed by atoms with van der Waals surface area (Å²) in [5.41, 5.74) is 8.99. The van der Waals surface area contributed by atoms with E-state index in [-0.39, 0.29) is 24.0 Å². The van der Waals surface area contributed by atoms with Crippen molar-refractivity contribution in [3.8, 4) is 58.1 Å².